The zero-order valence-corrected chi connectivity index (χ0v) is 30.7. The summed E-state index contributed by atoms with van der Waals surface area (Å²) in [6.07, 6.45) is 8.33. The fourth-order valence-electron chi connectivity index (χ4n) is 7.30. The summed E-state index contributed by atoms with van der Waals surface area (Å²) in [6.45, 7) is 7.53. The van der Waals surface area contributed by atoms with E-state index in [1.165, 1.54) is 7.11 Å². The Bertz CT molecular complexity index is 1960. The number of nitrogens with zero attached hydrogens (tertiary/aromatic N) is 4. The third-order valence-corrected chi connectivity index (χ3v) is 9.89. The Kier molecular flexibility index (Phi) is 10.4. The first-order valence-electron chi connectivity index (χ1n) is 18.3. The predicted octanol–water partition coefficient (Wildman–Crippen LogP) is 7.07. The van der Waals surface area contributed by atoms with Crippen molar-refractivity contribution >= 4 is 18.1 Å². The monoisotopic (exact) mass is 721 g/mol. The van der Waals surface area contributed by atoms with Crippen LogP contribution in [0.1, 0.15) is 82.3 Å². The highest BCUT2D eigenvalue weighted by Gasteiger charge is 2.37. The van der Waals surface area contributed by atoms with E-state index in [-0.39, 0.29) is 24.1 Å². The van der Waals surface area contributed by atoms with E-state index in [1.807, 2.05) is 44.0 Å². The lowest BCUT2D eigenvalue weighted by atomic mass is 10.0. The maximum Gasteiger partial charge on any atom is 0.410 e. The van der Waals surface area contributed by atoms with Crippen molar-refractivity contribution in [1.29, 1.82) is 0 Å². The molecule has 13 heteroatoms. The van der Waals surface area contributed by atoms with Crippen LogP contribution in [0.15, 0.2) is 66.9 Å². The maximum atomic E-state index is 13.7. The van der Waals surface area contributed by atoms with Gasteiger partial charge in [-0.05, 0) is 64.0 Å². The molecule has 0 unspecified atom stereocenters. The third kappa shape index (κ3) is 7.99. The number of imidazole rings is 2. The summed E-state index contributed by atoms with van der Waals surface area (Å²) in [6, 6.07) is 15.4. The SMILES string of the molecule is COC(=O)N[C@H]1C/C=C/COCc2[nH]c(nc2-c2ccc(-c3ccc(-c4c[nH]c([C@@H]5CCCN5C(=O)OC(C)(C)C)n4)cc3)cc2)[C@@H]2CCCN2C1=O. The normalized spacial score (nSPS) is 21.3. The molecule has 3 atom stereocenters. The Morgan fingerprint density at radius 2 is 1.57 bits per heavy atom. The van der Waals surface area contributed by atoms with Gasteiger partial charge in [-0.15, -0.1) is 0 Å². The van der Waals surface area contributed by atoms with Crippen LogP contribution in [0.25, 0.3) is 33.6 Å². The molecule has 0 saturated carbocycles. The van der Waals surface area contributed by atoms with Gasteiger partial charge in [0.15, 0.2) is 0 Å². The van der Waals surface area contributed by atoms with Crippen molar-refractivity contribution in [3.05, 3.63) is 84.2 Å². The summed E-state index contributed by atoms with van der Waals surface area (Å²) in [7, 11) is 1.29. The highest BCUT2D eigenvalue weighted by Crippen LogP contribution is 2.36. The fourth-order valence-corrected chi connectivity index (χ4v) is 7.30. The summed E-state index contributed by atoms with van der Waals surface area (Å²) in [4.78, 5) is 58.8. The number of nitrogens with one attached hydrogen (secondary N) is 3. The van der Waals surface area contributed by atoms with Crippen LogP contribution >= 0.6 is 0 Å². The Labute approximate surface area is 309 Å². The maximum absolute atomic E-state index is 13.7. The number of H-pyrrole nitrogens is 2. The Balaban J connectivity index is 1.07. The molecule has 2 fully saturated rings. The van der Waals surface area contributed by atoms with Crippen LogP contribution in [0.4, 0.5) is 9.59 Å². The van der Waals surface area contributed by atoms with Gasteiger partial charge in [0.1, 0.15) is 23.3 Å². The first-order chi connectivity index (χ1) is 25.6. The van der Waals surface area contributed by atoms with Crippen LogP contribution in [0, 0.1) is 0 Å². The van der Waals surface area contributed by atoms with Crippen LogP contribution in [-0.2, 0) is 25.6 Å². The number of alkyl carbamates (subject to hydrolysis) is 1. The van der Waals surface area contributed by atoms with E-state index < -0.39 is 17.7 Å². The molecule has 3 amide bonds. The zero-order chi connectivity index (χ0) is 37.1. The standard InChI is InChI=1S/C40H47N7O6/c1-40(2,3)53-39(50)47-21-8-10-32(47)35-41-23-30(42-35)27-16-12-25(13-17-27)26-14-18-28(19-15-26)34-31-24-52-22-6-5-9-29(44-38(49)51-4)37(48)46-20-7-11-33(46)36(43-31)45-34/h5-6,12-19,23,29,32-33H,7-11,20-22,24H2,1-4H3,(H,41,42)(H,43,45)(H,44,49)/b6-5+/t29-,32-,33-/m0/s1. The molecule has 2 saturated heterocycles. The summed E-state index contributed by atoms with van der Waals surface area (Å²) < 4.78 is 16.4. The van der Waals surface area contributed by atoms with Gasteiger partial charge < -0.3 is 34.4 Å². The minimum Gasteiger partial charge on any atom is -0.453 e. The van der Waals surface area contributed by atoms with Gasteiger partial charge in [-0.25, -0.2) is 19.6 Å². The van der Waals surface area contributed by atoms with Gasteiger partial charge in [-0.2, -0.15) is 0 Å². The lowest BCUT2D eigenvalue weighted by molar-refractivity contribution is -0.134. The molecule has 278 valence electrons. The number of carbonyl (C=O) groups is 3. The number of amides is 3. The first-order valence-corrected chi connectivity index (χ1v) is 18.3. The smallest absolute Gasteiger partial charge is 0.410 e. The molecule has 4 aromatic rings. The molecule has 0 radical (unpaired) electrons. The molecule has 5 heterocycles. The molecule has 3 aliphatic heterocycles. The van der Waals surface area contributed by atoms with Crippen LogP contribution < -0.4 is 5.32 Å². The van der Waals surface area contributed by atoms with Gasteiger partial charge in [0, 0.05) is 30.4 Å². The van der Waals surface area contributed by atoms with E-state index in [0.717, 1.165) is 70.8 Å². The number of likely N-dealkylation sites (tertiary alicyclic amines) is 1. The number of carbonyl (C=O) groups excluding carboxylic acids is 3. The number of aromatic amines is 2. The molecule has 3 N–H and O–H groups in total. The molecular formula is C40H47N7O6. The summed E-state index contributed by atoms with van der Waals surface area (Å²) >= 11 is 0. The van der Waals surface area contributed by atoms with E-state index in [2.05, 4.69) is 63.8 Å². The molecular weight excluding hydrogens is 674 g/mol. The van der Waals surface area contributed by atoms with E-state index in [0.29, 0.717) is 38.5 Å². The van der Waals surface area contributed by atoms with Gasteiger partial charge in [-0.1, -0.05) is 60.7 Å². The van der Waals surface area contributed by atoms with Crippen molar-refractivity contribution in [3.63, 3.8) is 0 Å². The van der Waals surface area contributed by atoms with Crippen LogP contribution in [0.2, 0.25) is 0 Å². The topological polar surface area (TPSA) is 155 Å². The molecule has 0 aliphatic carbocycles. The Morgan fingerprint density at radius 1 is 0.887 bits per heavy atom. The third-order valence-electron chi connectivity index (χ3n) is 9.89. The van der Waals surface area contributed by atoms with Crippen molar-refractivity contribution < 1.29 is 28.6 Å². The number of fused-ring (bicyclic) bond motifs is 4. The molecule has 2 bridgehead atoms. The Morgan fingerprint density at radius 3 is 2.28 bits per heavy atom. The minimum absolute atomic E-state index is 0.140. The summed E-state index contributed by atoms with van der Waals surface area (Å²) in [5.41, 5.74) is 5.93. The highest BCUT2D eigenvalue weighted by atomic mass is 16.6. The number of methoxy groups -OCH3 is 1. The van der Waals surface area contributed by atoms with Crippen molar-refractivity contribution in [1.82, 2.24) is 35.1 Å². The molecule has 0 spiro atoms. The van der Waals surface area contributed by atoms with E-state index in [9.17, 15) is 14.4 Å². The van der Waals surface area contributed by atoms with E-state index in [4.69, 9.17) is 24.2 Å². The average Bonchev–Trinajstić information content (AvgIpc) is 3.97. The molecule has 13 nitrogen and oxygen atoms in total. The van der Waals surface area contributed by atoms with Crippen molar-refractivity contribution in [2.75, 3.05) is 26.8 Å². The van der Waals surface area contributed by atoms with Crippen LogP contribution in [0.3, 0.4) is 0 Å². The van der Waals surface area contributed by atoms with Gasteiger partial charge in [0.25, 0.3) is 0 Å². The Hall–Kier alpha value is -5.43. The second-order valence-electron chi connectivity index (χ2n) is 14.7. The van der Waals surface area contributed by atoms with Crippen molar-refractivity contribution in [2.24, 2.45) is 0 Å². The number of ether oxygens (including phenoxy) is 3. The van der Waals surface area contributed by atoms with E-state index in [1.54, 1.807) is 4.90 Å². The van der Waals surface area contributed by atoms with Gasteiger partial charge >= 0.3 is 12.2 Å². The number of hydrogen-bond acceptors (Lipinski definition) is 8. The average molecular weight is 722 g/mol. The van der Waals surface area contributed by atoms with Gasteiger partial charge in [0.05, 0.1) is 49.5 Å². The predicted molar refractivity (Wildman–Crippen MR) is 198 cm³/mol. The zero-order valence-electron chi connectivity index (χ0n) is 30.7. The van der Waals surface area contributed by atoms with Crippen LogP contribution in [0.5, 0.6) is 0 Å². The van der Waals surface area contributed by atoms with Crippen molar-refractivity contribution in [3.8, 4) is 33.6 Å². The number of benzene rings is 2. The highest BCUT2D eigenvalue weighted by molar-refractivity contribution is 5.86. The number of aromatic nitrogens is 4. The number of rotatable bonds is 5. The molecule has 53 heavy (non-hydrogen) atoms. The number of hydrogen-bond donors (Lipinski definition) is 3. The largest absolute Gasteiger partial charge is 0.453 e. The molecule has 2 aromatic heterocycles. The lowest BCUT2D eigenvalue weighted by Crippen LogP contribution is -2.48. The molecule has 2 aromatic carbocycles. The first kappa shape index (κ1) is 36.0. The van der Waals surface area contributed by atoms with E-state index >= 15 is 0 Å². The lowest BCUT2D eigenvalue weighted by Gasteiger charge is -2.27. The second-order valence-corrected chi connectivity index (χ2v) is 14.7. The van der Waals surface area contributed by atoms with Crippen LogP contribution in [-0.4, -0.2) is 86.3 Å². The van der Waals surface area contributed by atoms with Gasteiger partial charge in [-0.3, -0.25) is 9.69 Å². The fraction of sp³-hybridized carbons (Fsp3) is 0.425. The van der Waals surface area contributed by atoms with Gasteiger partial charge in [0.2, 0.25) is 5.91 Å². The quantitative estimate of drug-likeness (QED) is 0.185. The molecule has 7 rings (SSSR count). The minimum atomic E-state index is -0.749. The summed E-state index contributed by atoms with van der Waals surface area (Å²) in [5, 5.41) is 2.69. The van der Waals surface area contributed by atoms with Crippen molar-refractivity contribution in [2.45, 2.75) is 83.2 Å². The molecule has 3 aliphatic rings. The summed E-state index contributed by atoms with van der Waals surface area (Å²) in [5.74, 6) is 1.31. The second kappa shape index (κ2) is 15.3.